The summed E-state index contributed by atoms with van der Waals surface area (Å²) in [4.78, 5) is 42.7. The minimum absolute atomic E-state index is 0.255. The topological polar surface area (TPSA) is 66.9 Å². The Morgan fingerprint density at radius 3 is 2.15 bits per heavy atom. The maximum atomic E-state index is 12.0. The average Bonchev–Trinajstić information content (AvgIpc) is 2.64. The summed E-state index contributed by atoms with van der Waals surface area (Å²) in [5.74, 6) is -2.24. The minimum Gasteiger partial charge on any atom is -0.329 e. The third-order valence-corrected chi connectivity index (χ3v) is 2.98. The lowest BCUT2D eigenvalue weighted by Gasteiger charge is -2.18. The Balaban J connectivity index is 2.11. The van der Waals surface area contributed by atoms with E-state index in [0.717, 1.165) is 0 Å². The third-order valence-electron chi connectivity index (χ3n) is 2.98. The molecule has 0 radical (unpaired) electrons. The number of fused-ring (bicyclic) bond motifs is 1. The third kappa shape index (κ3) is 2.55. The number of benzene rings is 1. The highest BCUT2D eigenvalue weighted by atomic mass is 16.7. The Morgan fingerprint density at radius 2 is 1.70 bits per heavy atom. The fraction of sp³-hybridized carbons (Fsp3) is 0.357. The normalized spacial score (nSPS) is 15.5. The van der Waals surface area contributed by atoms with Crippen molar-refractivity contribution in [2.45, 2.75) is 6.92 Å². The maximum Gasteiger partial charge on any atom is 0.337 e. The lowest BCUT2D eigenvalue weighted by Crippen LogP contribution is -2.36. The van der Waals surface area contributed by atoms with E-state index in [-0.39, 0.29) is 11.1 Å². The molecule has 2 rings (SSSR count). The first-order valence-electron chi connectivity index (χ1n) is 6.26. The fourth-order valence-electron chi connectivity index (χ4n) is 2.05. The van der Waals surface area contributed by atoms with Gasteiger partial charge in [-0.3, -0.25) is 9.59 Å². The highest BCUT2D eigenvalue weighted by Gasteiger charge is 2.39. The molecule has 1 aliphatic heterocycles. The van der Waals surface area contributed by atoms with Crippen LogP contribution in [0.1, 0.15) is 27.6 Å². The molecule has 1 aromatic carbocycles. The van der Waals surface area contributed by atoms with Crippen LogP contribution in [0.25, 0.3) is 0 Å². The van der Waals surface area contributed by atoms with Crippen LogP contribution in [0.3, 0.4) is 0 Å². The smallest absolute Gasteiger partial charge is 0.329 e. The van der Waals surface area contributed by atoms with Gasteiger partial charge in [0.2, 0.25) is 0 Å². The summed E-state index contributed by atoms with van der Waals surface area (Å²) in [6, 6.07) is 6.38. The molecule has 0 saturated carbocycles. The summed E-state index contributed by atoms with van der Waals surface area (Å²) in [7, 11) is 3.65. The Kier molecular flexibility index (Phi) is 3.85. The average molecular weight is 276 g/mol. The molecule has 0 aliphatic carbocycles. The first-order valence-corrected chi connectivity index (χ1v) is 6.26. The molecule has 0 N–H and O–H groups in total. The molecule has 0 saturated heterocycles. The lowest BCUT2D eigenvalue weighted by atomic mass is 10.1. The molecule has 1 aliphatic rings. The molecule has 106 valence electrons. The van der Waals surface area contributed by atoms with Crippen LogP contribution < -0.4 is 0 Å². The second-order valence-corrected chi connectivity index (χ2v) is 5.02. The van der Waals surface area contributed by atoms with Gasteiger partial charge in [0.25, 0.3) is 11.8 Å². The summed E-state index contributed by atoms with van der Waals surface area (Å²) in [5.41, 5.74) is 0.510. The van der Waals surface area contributed by atoms with Crippen molar-refractivity contribution in [1.29, 1.82) is 0 Å². The number of nitrogens with zero attached hydrogens (tertiary/aromatic N) is 2. The summed E-state index contributed by atoms with van der Waals surface area (Å²) >= 11 is 0. The van der Waals surface area contributed by atoms with Crippen LogP contribution in [0.15, 0.2) is 24.3 Å². The van der Waals surface area contributed by atoms with E-state index in [2.05, 4.69) is 0 Å². The predicted molar refractivity (Wildman–Crippen MR) is 70.8 cm³/mol. The van der Waals surface area contributed by atoms with Gasteiger partial charge in [-0.1, -0.05) is 24.1 Å². The van der Waals surface area contributed by atoms with Gasteiger partial charge < -0.3 is 9.74 Å². The predicted octanol–water partition coefficient (Wildman–Crippen LogP) is 0.938. The van der Waals surface area contributed by atoms with Gasteiger partial charge in [0.1, 0.15) is 0 Å². The molecule has 6 nitrogen and oxygen atoms in total. The summed E-state index contributed by atoms with van der Waals surface area (Å²) < 4.78 is 0. The SMILES string of the molecule is CC(CN(C)C)C(=O)ON1C(=O)c2ccccc2C1=O. The van der Waals surface area contributed by atoms with Gasteiger partial charge in [0.05, 0.1) is 17.0 Å². The number of imide groups is 1. The van der Waals surface area contributed by atoms with Crippen LogP contribution in [-0.2, 0) is 9.63 Å². The Bertz CT molecular complexity index is 533. The van der Waals surface area contributed by atoms with Crippen LogP contribution in [0.2, 0.25) is 0 Å². The van der Waals surface area contributed by atoms with E-state index >= 15 is 0 Å². The summed E-state index contributed by atoms with van der Waals surface area (Å²) in [6.07, 6.45) is 0. The Labute approximate surface area is 116 Å². The van der Waals surface area contributed by atoms with Crippen molar-refractivity contribution in [2.75, 3.05) is 20.6 Å². The molecular weight excluding hydrogens is 260 g/mol. The van der Waals surface area contributed by atoms with E-state index in [0.29, 0.717) is 11.6 Å². The first-order chi connectivity index (χ1) is 9.41. The number of amides is 2. The van der Waals surface area contributed by atoms with Gasteiger partial charge in [-0.2, -0.15) is 0 Å². The van der Waals surface area contributed by atoms with Crippen LogP contribution >= 0.6 is 0 Å². The molecule has 6 heteroatoms. The molecule has 1 aromatic rings. The maximum absolute atomic E-state index is 12.0. The van der Waals surface area contributed by atoms with Crippen LogP contribution in [0.4, 0.5) is 0 Å². The van der Waals surface area contributed by atoms with Gasteiger partial charge >= 0.3 is 5.97 Å². The molecule has 1 unspecified atom stereocenters. The molecule has 20 heavy (non-hydrogen) atoms. The van der Waals surface area contributed by atoms with Crippen LogP contribution in [-0.4, -0.2) is 48.4 Å². The number of hydroxylamine groups is 2. The lowest BCUT2D eigenvalue weighted by molar-refractivity contribution is -0.173. The van der Waals surface area contributed by atoms with Gasteiger partial charge in [-0.25, -0.2) is 4.79 Å². The van der Waals surface area contributed by atoms with Crippen molar-refractivity contribution in [3.63, 3.8) is 0 Å². The summed E-state index contributed by atoms with van der Waals surface area (Å²) in [5, 5.41) is 0.541. The largest absolute Gasteiger partial charge is 0.337 e. The van der Waals surface area contributed by atoms with E-state index in [4.69, 9.17) is 4.84 Å². The van der Waals surface area contributed by atoms with Crippen molar-refractivity contribution in [2.24, 2.45) is 5.92 Å². The molecular formula is C14H16N2O4. The molecule has 0 aromatic heterocycles. The van der Waals surface area contributed by atoms with Gasteiger partial charge in [0.15, 0.2) is 0 Å². The zero-order valence-electron chi connectivity index (χ0n) is 11.6. The second-order valence-electron chi connectivity index (χ2n) is 5.02. The van der Waals surface area contributed by atoms with E-state index in [1.165, 1.54) is 12.1 Å². The van der Waals surface area contributed by atoms with E-state index in [9.17, 15) is 14.4 Å². The van der Waals surface area contributed by atoms with E-state index in [1.807, 2.05) is 19.0 Å². The quantitative estimate of drug-likeness (QED) is 0.766. The van der Waals surface area contributed by atoms with Crippen molar-refractivity contribution < 1.29 is 19.2 Å². The van der Waals surface area contributed by atoms with Crippen LogP contribution in [0, 0.1) is 5.92 Å². The number of hydrogen-bond donors (Lipinski definition) is 0. The number of rotatable bonds is 4. The number of carbonyl (C=O) groups excluding carboxylic acids is 3. The fourth-order valence-corrected chi connectivity index (χ4v) is 2.05. The van der Waals surface area contributed by atoms with Crippen LogP contribution in [0.5, 0.6) is 0 Å². The van der Waals surface area contributed by atoms with Gasteiger partial charge in [0, 0.05) is 6.54 Å². The van der Waals surface area contributed by atoms with Crippen molar-refractivity contribution in [3.8, 4) is 0 Å². The zero-order valence-corrected chi connectivity index (χ0v) is 11.6. The Hall–Kier alpha value is -2.21. The van der Waals surface area contributed by atoms with Crippen molar-refractivity contribution in [1.82, 2.24) is 9.96 Å². The molecule has 1 atom stereocenters. The van der Waals surface area contributed by atoms with Gasteiger partial charge in [-0.05, 0) is 26.2 Å². The first kappa shape index (κ1) is 14.2. The molecule has 2 amide bonds. The Morgan fingerprint density at radius 1 is 1.20 bits per heavy atom. The zero-order chi connectivity index (χ0) is 14.9. The number of hydrogen-bond acceptors (Lipinski definition) is 5. The molecule has 0 spiro atoms. The number of carbonyl (C=O) groups is 3. The van der Waals surface area contributed by atoms with Crippen molar-refractivity contribution in [3.05, 3.63) is 35.4 Å². The van der Waals surface area contributed by atoms with E-state index in [1.54, 1.807) is 19.1 Å². The second kappa shape index (κ2) is 5.42. The summed E-state index contributed by atoms with van der Waals surface area (Å²) in [6.45, 7) is 2.16. The molecule has 0 fully saturated rings. The van der Waals surface area contributed by atoms with Crippen molar-refractivity contribution >= 4 is 17.8 Å². The molecule has 1 heterocycles. The van der Waals surface area contributed by atoms with E-state index < -0.39 is 23.7 Å². The molecule has 0 bridgehead atoms. The monoisotopic (exact) mass is 276 g/mol. The highest BCUT2D eigenvalue weighted by molar-refractivity contribution is 6.20. The minimum atomic E-state index is -0.604. The van der Waals surface area contributed by atoms with Gasteiger partial charge in [-0.15, -0.1) is 0 Å². The highest BCUT2D eigenvalue weighted by Crippen LogP contribution is 2.23. The standard InChI is InChI=1S/C14H16N2O4/c1-9(8-15(2)3)14(19)20-16-12(17)10-6-4-5-7-11(10)13(16)18/h4-7,9H,8H2,1-3H3.